The molecule has 1 rings (SSSR count). The molecule has 7 heteroatoms. The van der Waals surface area contributed by atoms with Crippen LogP contribution in [0.15, 0.2) is 24.5 Å². The van der Waals surface area contributed by atoms with Gasteiger partial charge in [-0.05, 0) is 31.0 Å². The second kappa shape index (κ2) is 7.58. The number of nitrogens with zero attached hydrogens (tertiary/aromatic N) is 2. The molecule has 21 heavy (non-hydrogen) atoms. The summed E-state index contributed by atoms with van der Waals surface area (Å²) in [5.41, 5.74) is -0.393. The first-order valence-electron chi connectivity index (χ1n) is 6.62. The number of aromatic nitrogens is 1. The molecule has 1 aromatic rings. The van der Waals surface area contributed by atoms with Crippen LogP contribution in [0.5, 0.6) is 0 Å². The van der Waals surface area contributed by atoms with Crippen molar-refractivity contribution in [3.8, 4) is 0 Å². The van der Waals surface area contributed by atoms with Crippen molar-refractivity contribution in [3.63, 3.8) is 0 Å². The second-order valence-electron chi connectivity index (χ2n) is 5.25. The van der Waals surface area contributed by atoms with Crippen LogP contribution in [0.25, 0.3) is 0 Å². The fourth-order valence-electron chi connectivity index (χ4n) is 1.74. The van der Waals surface area contributed by atoms with Gasteiger partial charge in [-0.2, -0.15) is 0 Å². The molecular weight excluding hydrogens is 274 g/mol. The Morgan fingerprint density at radius 3 is 2.57 bits per heavy atom. The number of likely N-dealkylation sites (N-methyl/N-ethyl adjacent to an activating group) is 1. The molecule has 0 aromatic carbocycles. The molecule has 0 radical (unpaired) electrons. The van der Waals surface area contributed by atoms with E-state index in [9.17, 15) is 14.7 Å². The zero-order valence-corrected chi connectivity index (χ0v) is 12.2. The van der Waals surface area contributed by atoms with E-state index in [2.05, 4.69) is 10.3 Å². The maximum absolute atomic E-state index is 11.8. The van der Waals surface area contributed by atoms with Crippen LogP contribution in [0.3, 0.4) is 0 Å². The average Bonchev–Trinajstić information content (AvgIpc) is 2.42. The van der Waals surface area contributed by atoms with E-state index in [-0.39, 0.29) is 12.6 Å². The van der Waals surface area contributed by atoms with Crippen molar-refractivity contribution in [2.75, 3.05) is 20.1 Å². The lowest BCUT2D eigenvalue weighted by Crippen LogP contribution is -2.46. The van der Waals surface area contributed by atoms with Gasteiger partial charge in [-0.25, -0.2) is 4.79 Å². The van der Waals surface area contributed by atoms with E-state index in [4.69, 9.17) is 5.11 Å². The van der Waals surface area contributed by atoms with Crippen LogP contribution in [-0.2, 0) is 11.2 Å². The Bertz CT molecular complexity index is 476. The molecule has 0 saturated carbocycles. The molecule has 0 spiro atoms. The summed E-state index contributed by atoms with van der Waals surface area (Å²) in [6.07, 6.45) is 3.66. The minimum absolute atomic E-state index is 0.113. The monoisotopic (exact) mass is 295 g/mol. The third-order valence-electron chi connectivity index (χ3n) is 2.98. The minimum Gasteiger partial charge on any atom is -0.481 e. The number of aliphatic carboxylic acids is 1. The van der Waals surface area contributed by atoms with Gasteiger partial charge in [0.25, 0.3) is 0 Å². The maximum Gasteiger partial charge on any atom is 0.317 e. The number of rotatable bonds is 7. The van der Waals surface area contributed by atoms with Gasteiger partial charge in [-0.15, -0.1) is 0 Å². The van der Waals surface area contributed by atoms with Gasteiger partial charge in [0.05, 0.1) is 12.0 Å². The zero-order valence-electron chi connectivity index (χ0n) is 12.2. The van der Waals surface area contributed by atoms with Crippen molar-refractivity contribution in [3.05, 3.63) is 30.1 Å². The van der Waals surface area contributed by atoms with Crippen LogP contribution >= 0.6 is 0 Å². The number of carboxylic acids is 1. The Morgan fingerprint density at radius 1 is 1.38 bits per heavy atom. The first kappa shape index (κ1) is 16.9. The Kier molecular flexibility index (Phi) is 6.10. The van der Waals surface area contributed by atoms with Crippen molar-refractivity contribution in [1.29, 1.82) is 0 Å². The summed E-state index contributed by atoms with van der Waals surface area (Å²) in [6.45, 7) is 1.77. The number of amides is 2. The standard InChI is InChI=1S/C14H21N3O4/c1-14(21,9-12(18)19)10-16-13(20)17(2)8-5-11-3-6-15-7-4-11/h3-4,6-7,21H,5,8-10H2,1-2H3,(H,16,20)(H,18,19). The molecule has 0 aliphatic carbocycles. The summed E-state index contributed by atoms with van der Waals surface area (Å²) in [5, 5.41) is 21.0. The summed E-state index contributed by atoms with van der Waals surface area (Å²) in [5.74, 6) is -1.11. The van der Waals surface area contributed by atoms with Gasteiger partial charge < -0.3 is 20.4 Å². The highest BCUT2D eigenvalue weighted by Gasteiger charge is 2.25. The fraction of sp³-hybridized carbons (Fsp3) is 0.500. The Labute approximate surface area is 123 Å². The lowest BCUT2D eigenvalue weighted by atomic mass is 10.0. The lowest BCUT2D eigenvalue weighted by Gasteiger charge is -2.24. The molecule has 3 N–H and O–H groups in total. The van der Waals surface area contributed by atoms with Crippen LogP contribution in [0.2, 0.25) is 0 Å². The number of carbonyl (C=O) groups is 2. The van der Waals surface area contributed by atoms with E-state index in [0.29, 0.717) is 13.0 Å². The maximum atomic E-state index is 11.8. The van der Waals surface area contributed by atoms with Crippen molar-refractivity contribution >= 4 is 12.0 Å². The largest absolute Gasteiger partial charge is 0.481 e. The summed E-state index contributed by atoms with van der Waals surface area (Å²) in [6, 6.07) is 3.40. The molecular formula is C14H21N3O4. The SMILES string of the molecule is CN(CCc1ccncc1)C(=O)NCC(C)(O)CC(=O)O. The lowest BCUT2D eigenvalue weighted by molar-refractivity contribution is -0.141. The van der Waals surface area contributed by atoms with Gasteiger partial charge in [-0.1, -0.05) is 0 Å². The third-order valence-corrected chi connectivity index (χ3v) is 2.98. The van der Waals surface area contributed by atoms with Crippen molar-refractivity contribution < 1.29 is 19.8 Å². The molecule has 0 bridgehead atoms. The summed E-state index contributed by atoms with van der Waals surface area (Å²) in [7, 11) is 1.64. The number of hydrogen-bond acceptors (Lipinski definition) is 4. The predicted octanol–water partition coefficient (Wildman–Crippen LogP) is 0.491. The normalized spacial score (nSPS) is 13.3. The van der Waals surface area contributed by atoms with E-state index in [1.807, 2.05) is 12.1 Å². The van der Waals surface area contributed by atoms with Gasteiger partial charge in [0.2, 0.25) is 0 Å². The summed E-state index contributed by atoms with van der Waals surface area (Å²) >= 11 is 0. The van der Waals surface area contributed by atoms with Crippen molar-refractivity contribution in [2.45, 2.75) is 25.4 Å². The van der Waals surface area contributed by atoms with E-state index in [1.165, 1.54) is 11.8 Å². The van der Waals surface area contributed by atoms with Crippen LogP contribution < -0.4 is 5.32 Å². The number of carboxylic acid groups (broad SMARTS) is 1. The summed E-state index contributed by atoms with van der Waals surface area (Å²) < 4.78 is 0. The van der Waals surface area contributed by atoms with E-state index >= 15 is 0 Å². The van der Waals surface area contributed by atoms with Gasteiger partial charge in [0.1, 0.15) is 0 Å². The molecule has 0 aliphatic heterocycles. The molecule has 2 amide bonds. The number of pyridine rings is 1. The third kappa shape index (κ3) is 6.71. The molecule has 116 valence electrons. The van der Waals surface area contributed by atoms with Gasteiger partial charge in [-0.3, -0.25) is 9.78 Å². The van der Waals surface area contributed by atoms with Crippen LogP contribution in [0.4, 0.5) is 4.79 Å². The number of nitrogens with one attached hydrogen (secondary N) is 1. The van der Waals surface area contributed by atoms with Crippen molar-refractivity contribution in [1.82, 2.24) is 15.2 Å². The van der Waals surface area contributed by atoms with Gasteiger partial charge >= 0.3 is 12.0 Å². The minimum atomic E-state index is -1.46. The molecule has 1 unspecified atom stereocenters. The molecule has 1 heterocycles. The molecule has 1 atom stereocenters. The smallest absolute Gasteiger partial charge is 0.317 e. The zero-order chi connectivity index (χ0) is 15.9. The van der Waals surface area contributed by atoms with Crippen LogP contribution in [0.1, 0.15) is 18.9 Å². The van der Waals surface area contributed by atoms with Gasteiger partial charge in [0.15, 0.2) is 0 Å². The van der Waals surface area contributed by atoms with E-state index in [1.54, 1.807) is 19.4 Å². The predicted molar refractivity (Wildman–Crippen MR) is 76.8 cm³/mol. The highest BCUT2D eigenvalue weighted by atomic mass is 16.4. The highest BCUT2D eigenvalue weighted by Crippen LogP contribution is 2.07. The van der Waals surface area contributed by atoms with Crippen LogP contribution in [0, 0.1) is 0 Å². The molecule has 7 nitrogen and oxygen atoms in total. The number of hydrogen-bond donors (Lipinski definition) is 3. The first-order valence-corrected chi connectivity index (χ1v) is 6.62. The molecule has 0 saturated heterocycles. The quantitative estimate of drug-likeness (QED) is 0.679. The molecule has 0 fully saturated rings. The summed E-state index contributed by atoms with van der Waals surface area (Å²) in [4.78, 5) is 27.8. The van der Waals surface area contributed by atoms with Crippen LogP contribution in [-0.4, -0.2) is 57.8 Å². The van der Waals surface area contributed by atoms with Gasteiger partial charge in [0, 0.05) is 32.5 Å². The molecule has 0 aliphatic rings. The topological polar surface area (TPSA) is 103 Å². The number of urea groups is 1. The first-order chi connectivity index (χ1) is 9.80. The van der Waals surface area contributed by atoms with Crippen molar-refractivity contribution in [2.24, 2.45) is 0 Å². The average molecular weight is 295 g/mol. The highest BCUT2D eigenvalue weighted by molar-refractivity contribution is 5.74. The fourth-order valence-corrected chi connectivity index (χ4v) is 1.74. The number of aliphatic hydroxyl groups is 1. The van der Waals surface area contributed by atoms with E-state index < -0.39 is 18.0 Å². The second-order valence-corrected chi connectivity index (χ2v) is 5.25. The molecule has 1 aromatic heterocycles. The van der Waals surface area contributed by atoms with E-state index in [0.717, 1.165) is 5.56 Å². The Balaban J connectivity index is 2.36. The Morgan fingerprint density at radius 2 is 2.00 bits per heavy atom. The Hall–Kier alpha value is -2.15. The number of carbonyl (C=O) groups excluding carboxylic acids is 1.